The molecular weight excluding hydrogens is 158 g/mol. The third kappa shape index (κ3) is 1.90. The van der Waals surface area contributed by atoms with Gasteiger partial charge in [0, 0.05) is 12.6 Å². The summed E-state index contributed by atoms with van der Waals surface area (Å²) in [5.74, 6) is 1.87. The van der Waals surface area contributed by atoms with Crippen LogP contribution in [0.3, 0.4) is 0 Å². The maximum Gasteiger partial charge on any atom is 0.0227 e. The maximum atomic E-state index is 2.49. The average Bonchev–Trinajstić information content (AvgIpc) is 2.17. The minimum Gasteiger partial charge on any atom is -0.375 e. The lowest BCUT2D eigenvalue weighted by atomic mass is 9.77. The Bertz CT molecular complexity index is 195. The molecule has 2 atom stereocenters. The Morgan fingerprint density at radius 1 is 1.23 bits per heavy atom. The van der Waals surface area contributed by atoms with Crippen molar-refractivity contribution >= 4 is 0 Å². The molecule has 2 rings (SSSR count). The molecule has 0 saturated heterocycles. The topological polar surface area (TPSA) is 3.24 Å². The third-order valence-electron chi connectivity index (χ3n) is 3.60. The lowest BCUT2D eigenvalue weighted by molar-refractivity contribution is 0.168. The molecule has 1 nitrogen and oxygen atoms in total. The molecule has 0 aromatic heterocycles. The summed E-state index contributed by atoms with van der Waals surface area (Å²) in [5.41, 5.74) is 0. The van der Waals surface area contributed by atoms with Crippen molar-refractivity contribution in [1.82, 2.24) is 4.90 Å². The molecule has 2 aliphatic rings. The summed E-state index contributed by atoms with van der Waals surface area (Å²) in [5, 5.41) is 0. The van der Waals surface area contributed by atoms with E-state index >= 15 is 0 Å². The smallest absolute Gasteiger partial charge is 0.0227 e. The quantitative estimate of drug-likeness (QED) is 0.598. The van der Waals surface area contributed by atoms with Gasteiger partial charge in [-0.05, 0) is 44.7 Å². The van der Waals surface area contributed by atoms with E-state index in [4.69, 9.17) is 0 Å². The van der Waals surface area contributed by atoms with E-state index in [1.165, 1.54) is 32.2 Å². The zero-order valence-electron chi connectivity index (χ0n) is 8.87. The zero-order valence-corrected chi connectivity index (χ0v) is 8.87. The highest BCUT2D eigenvalue weighted by Gasteiger charge is 2.27. The van der Waals surface area contributed by atoms with Gasteiger partial charge in [-0.2, -0.15) is 0 Å². The molecule has 1 aliphatic carbocycles. The van der Waals surface area contributed by atoms with Crippen LogP contribution in [0.2, 0.25) is 0 Å². The van der Waals surface area contributed by atoms with Gasteiger partial charge in [0.05, 0.1) is 0 Å². The van der Waals surface area contributed by atoms with Gasteiger partial charge in [0.15, 0.2) is 0 Å². The van der Waals surface area contributed by atoms with Crippen LogP contribution in [0.5, 0.6) is 0 Å². The predicted octanol–water partition coefficient (Wildman–Crippen LogP) is 3.03. The van der Waals surface area contributed by atoms with Crippen molar-refractivity contribution in [2.24, 2.45) is 11.8 Å². The van der Waals surface area contributed by atoms with Gasteiger partial charge in [-0.25, -0.2) is 0 Å². The second-order valence-corrected chi connectivity index (χ2v) is 4.84. The second kappa shape index (κ2) is 3.73. The molecule has 0 aromatic rings. The van der Waals surface area contributed by atoms with E-state index in [0.29, 0.717) is 6.04 Å². The maximum absolute atomic E-state index is 2.49. The van der Waals surface area contributed by atoms with E-state index in [2.05, 4.69) is 31.0 Å². The van der Waals surface area contributed by atoms with Crippen molar-refractivity contribution < 1.29 is 0 Å². The summed E-state index contributed by atoms with van der Waals surface area (Å²) in [6.07, 6.45) is 10.6. The molecule has 0 N–H and O–H groups in total. The van der Waals surface area contributed by atoms with Gasteiger partial charge in [0.2, 0.25) is 0 Å². The Morgan fingerprint density at radius 2 is 2.00 bits per heavy atom. The predicted molar refractivity (Wildman–Crippen MR) is 56.4 cm³/mol. The molecule has 0 aromatic carbocycles. The van der Waals surface area contributed by atoms with E-state index < -0.39 is 0 Å². The molecular formula is C12H21N. The number of hydrogen-bond acceptors (Lipinski definition) is 1. The van der Waals surface area contributed by atoms with Crippen LogP contribution >= 0.6 is 0 Å². The van der Waals surface area contributed by atoms with Crippen LogP contribution in [0.4, 0.5) is 0 Å². The van der Waals surface area contributed by atoms with Gasteiger partial charge >= 0.3 is 0 Å². The first kappa shape index (κ1) is 9.11. The van der Waals surface area contributed by atoms with E-state index in [1.54, 1.807) is 0 Å². The lowest BCUT2D eigenvalue weighted by Gasteiger charge is -2.39. The summed E-state index contributed by atoms with van der Waals surface area (Å²) in [6, 6.07) is 0.680. The standard InChI is InChI=1S/C12H21N/c1-10(2)13-8-7-11-5-3-4-6-12(11)9-13/h7-8,10-12H,3-6,9H2,1-2H3. The van der Waals surface area contributed by atoms with Gasteiger partial charge in [-0.1, -0.05) is 18.9 Å². The van der Waals surface area contributed by atoms with E-state index in [9.17, 15) is 0 Å². The number of rotatable bonds is 1. The Labute approximate surface area is 81.8 Å². The van der Waals surface area contributed by atoms with Gasteiger partial charge in [-0.3, -0.25) is 0 Å². The Balaban J connectivity index is 2.02. The van der Waals surface area contributed by atoms with Crippen molar-refractivity contribution in [2.75, 3.05) is 6.54 Å². The molecule has 1 aliphatic heterocycles. The summed E-state index contributed by atoms with van der Waals surface area (Å²) in [4.78, 5) is 2.49. The fourth-order valence-corrected chi connectivity index (χ4v) is 2.65. The normalized spacial score (nSPS) is 33.6. The molecule has 1 heteroatoms. The van der Waals surface area contributed by atoms with Gasteiger partial charge in [0.25, 0.3) is 0 Å². The van der Waals surface area contributed by atoms with Crippen molar-refractivity contribution in [3.63, 3.8) is 0 Å². The van der Waals surface area contributed by atoms with Gasteiger partial charge < -0.3 is 4.90 Å². The van der Waals surface area contributed by atoms with Crippen LogP contribution in [0.25, 0.3) is 0 Å². The Morgan fingerprint density at radius 3 is 2.77 bits per heavy atom. The van der Waals surface area contributed by atoms with Gasteiger partial charge in [-0.15, -0.1) is 0 Å². The van der Waals surface area contributed by atoms with Crippen molar-refractivity contribution in [2.45, 2.75) is 45.6 Å². The van der Waals surface area contributed by atoms with Crippen LogP contribution in [0.1, 0.15) is 39.5 Å². The first-order valence-corrected chi connectivity index (χ1v) is 5.71. The highest BCUT2D eigenvalue weighted by atomic mass is 15.1. The molecule has 0 spiro atoms. The van der Waals surface area contributed by atoms with Crippen LogP contribution in [-0.2, 0) is 0 Å². The third-order valence-corrected chi connectivity index (χ3v) is 3.60. The molecule has 0 amide bonds. The van der Waals surface area contributed by atoms with E-state index in [0.717, 1.165) is 11.8 Å². The molecule has 74 valence electrons. The monoisotopic (exact) mass is 179 g/mol. The minimum absolute atomic E-state index is 0.680. The molecule has 2 unspecified atom stereocenters. The lowest BCUT2D eigenvalue weighted by Crippen LogP contribution is -2.38. The first-order chi connectivity index (χ1) is 6.27. The Kier molecular flexibility index (Phi) is 2.61. The SMILES string of the molecule is CC(C)N1C=CC2CCCCC2C1. The van der Waals surface area contributed by atoms with Crippen LogP contribution in [0, 0.1) is 11.8 Å². The number of fused-ring (bicyclic) bond motifs is 1. The molecule has 13 heavy (non-hydrogen) atoms. The number of hydrogen-bond donors (Lipinski definition) is 0. The highest BCUT2D eigenvalue weighted by molar-refractivity contribution is 5.00. The van der Waals surface area contributed by atoms with Crippen molar-refractivity contribution in [3.8, 4) is 0 Å². The summed E-state index contributed by atoms with van der Waals surface area (Å²) in [7, 11) is 0. The largest absolute Gasteiger partial charge is 0.375 e. The minimum atomic E-state index is 0.680. The van der Waals surface area contributed by atoms with Crippen LogP contribution < -0.4 is 0 Å². The Hall–Kier alpha value is -0.460. The van der Waals surface area contributed by atoms with Crippen molar-refractivity contribution in [3.05, 3.63) is 12.3 Å². The molecule has 1 saturated carbocycles. The molecule has 0 bridgehead atoms. The zero-order chi connectivity index (χ0) is 9.26. The molecule has 1 fully saturated rings. The van der Waals surface area contributed by atoms with Crippen molar-refractivity contribution in [1.29, 1.82) is 0 Å². The van der Waals surface area contributed by atoms with E-state index in [-0.39, 0.29) is 0 Å². The molecule has 0 radical (unpaired) electrons. The summed E-state index contributed by atoms with van der Waals surface area (Å²) < 4.78 is 0. The molecule has 1 heterocycles. The summed E-state index contributed by atoms with van der Waals surface area (Å²) in [6.45, 7) is 5.87. The van der Waals surface area contributed by atoms with Crippen LogP contribution in [-0.4, -0.2) is 17.5 Å². The second-order valence-electron chi connectivity index (χ2n) is 4.84. The number of allylic oxidation sites excluding steroid dienone is 1. The highest BCUT2D eigenvalue weighted by Crippen LogP contribution is 2.34. The number of nitrogens with zero attached hydrogens (tertiary/aromatic N) is 1. The van der Waals surface area contributed by atoms with Gasteiger partial charge in [0.1, 0.15) is 0 Å². The first-order valence-electron chi connectivity index (χ1n) is 5.71. The average molecular weight is 179 g/mol. The summed E-state index contributed by atoms with van der Waals surface area (Å²) >= 11 is 0. The van der Waals surface area contributed by atoms with Crippen LogP contribution in [0.15, 0.2) is 12.3 Å². The fourth-order valence-electron chi connectivity index (χ4n) is 2.65. The van der Waals surface area contributed by atoms with E-state index in [1.807, 2.05) is 0 Å². The fraction of sp³-hybridized carbons (Fsp3) is 0.833.